The minimum Gasteiger partial charge on any atom is -0.495 e. The summed E-state index contributed by atoms with van der Waals surface area (Å²) >= 11 is 0. The second-order valence-electron chi connectivity index (χ2n) is 7.92. The Hall–Kier alpha value is -3.57. The van der Waals surface area contributed by atoms with Crippen LogP contribution >= 0.6 is 0 Å². The number of nitrogens with one attached hydrogen (secondary N) is 2. The Bertz CT molecular complexity index is 1160. The second kappa shape index (κ2) is 10.4. The van der Waals surface area contributed by atoms with Crippen molar-refractivity contribution in [1.82, 2.24) is 29.7 Å². The van der Waals surface area contributed by atoms with E-state index < -0.39 is 6.09 Å². The largest absolute Gasteiger partial charge is 0.495 e. The number of nitrogens with zero attached hydrogens (tertiary/aromatic N) is 5. The molecule has 1 saturated heterocycles. The zero-order chi connectivity index (χ0) is 23.2. The van der Waals surface area contributed by atoms with Crippen LogP contribution in [0.1, 0.15) is 18.5 Å². The topological polar surface area (TPSA) is 134 Å². The van der Waals surface area contributed by atoms with E-state index in [1.165, 1.54) is 6.20 Å². The van der Waals surface area contributed by atoms with Crippen molar-refractivity contribution in [2.45, 2.75) is 32.0 Å². The number of fused-ring (bicyclic) bond motifs is 1. The molecule has 1 amide bonds. The summed E-state index contributed by atoms with van der Waals surface area (Å²) < 4.78 is 7.03. The third-order valence-electron chi connectivity index (χ3n) is 5.79. The lowest BCUT2D eigenvalue weighted by molar-refractivity contribution is 0.191. The summed E-state index contributed by atoms with van der Waals surface area (Å²) in [5.74, 6) is 0.838. The summed E-state index contributed by atoms with van der Waals surface area (Å²) in [5.41, 5.74) is 2.27. The molecule has 1 fully saturated rings. The Morgan fingerprint density at radius 2 is 1.97 bits per heavy atom. The van der Waals surface area contributed by atoms with E-state index in [2.05, 4.69) is 30.5 Å². The molecule has 1 aliphatic rings. The predicted molar refractivity (Wildman–Crippen MR) is 123 cm³/mol. The highest BCUT2D eigenvalue weighted by Crippen LogP contribution is 2.17. The van der Waals surface area contributed by atoms with Gasteiger partial charge < -0.3 is 24.6 Å². The number of ether oxygens (including phenoxy) is 1. The van der Waals surface area contributed by atoms with Crippen molar-refractivity contribution >= 4 is 22.9 Å². The van der Waals surface area contributed by atoms with E-state index >= 15 is 0 Å². The molecule has 3 aromatic heterocycles. The first-order valence-corrected chi connectivity index (χ1v) is 10.8. The van der Waals surface area contributed by atoms with E-state index in [9.17, 15) is 9.59 Å². The molecule has 174 valence electrons. The van der Waals surface area contributed by atoms with Crippen molar-refractivity contribution in [2.75, 3.05) is 32.1 Å². The molecule has 1 aliphatic heterocycles. The first-order valence-electron chi connectivity index (χ1n) is 10.8. The SMILES string of the molecule is COc1cnc2ccc(=O)n(CCN3CCC(NCc4cnc(NC(=O)O)cn4)CC3)c2c1. The summed E-state index contributed by atoms with van der Waals surface area (Å²) in [6.45, 7) is 3.82. The van der Waals surface area contributed by atoms with Gasteiger partial charge in [0.1, 0.15) is 5.75 Å². The van der Waals surface area contributed by atoms with Crippen molar-refractivity contribution in [2.24, 2.45) is 0 Å². The van der Waals surface area contributed by atoms with Gasteiger partial charge in [-0.25, -0.2) is 9.78 Å². The maximum Gasteiger partial charge on any atom is 0.410 e. The zero-order valence-corrected chi connectivity index (χ0v) is 18.4. The van der Waals surface area contributed by atoms with Gasteiger partial charge in [0.25, 0.3) is 5.56 Å². The molecule has 4 heterocycles. The number of anilines is 1. The summed E-state index contributed by atoms with van der Waals surface area (Å²) in [5, 5.41) is 14.4. The highest BCUT2D eigenvalue weighted by Gasteiger charge is 2.19. The van der Waals surface area contributed by atoms with E-state index in [-0.39, 0.29) is 11.4 Å². The van der Waals surface area contributed by atoms with Crippen LogP contribution in [0.4, 0.5) is 10.6 Å². The molecule has 0 aromatic carbocycles. The molecule has 0 saturated carbocycles. The van der Waals surface area contributed by atoms with Crippen molar-refractivity contribution in [3.8, 4) is 5.75 Å². The number of rotatable bonds is 8. The van der Waals surface area contributed by atoms with Crippen LogP contribution in [0, 0.1) is 0 Å². The van der Waals surface area contributed by atoms with Crippen molar-refractivity contribution in [3.05, 3.63) is 52.8 Å². The van der Waals surface area contributed by atoms with Crippen LogP contribution in [0.2, 0.25) is 0 Å². The molecule has 0 bridgehead atoms. The third kappa shape index (κ3) is 5.82. The first kappa shape index (κ1) is 22.6. The van der Waals surface area contributed by atoms with Gasteiger partial charge in [-0.05, 0) is 32.0 Å². The van der Waals surface area contributed by atoms with Crippen molar-refractivity contribution in [1.29, 1.82) is 0 Å². The number of amides is 1. The van der Waals surface area contributed by atoms with Crippen LogP contribution in [-0.4, -0.2) is 68.4 Å². The number of piperidine rings is 1. The summed E-state index contributed by atoms with van der Waals surface area (Å²) in [7, 11) is 1.59. The molecule has 11 heteroatoms. The summed E-state index contributed by atoms with van der Waals surface area (Å²) in [6.07, 6.45) is 5.45. The van der Waals surface area contributed by atoms with Gasteiger partial charge in [-0.2, -0.15) is 0 Å². The Balaban J connectivity index is 1.27. The van der Waals surface area contributed by atoms with E-state index in [1.54, 1.807) is 36.2 Å². The van der Waals surface area contributed by atoms with Gasteiger partial charge in [-0.15, -0.1) is 0 Å². The molecular weight excluding hydrogens is 426 g/mol. The van der Waals surface area contributed by atoms with Crippen LogP contribution in [-0.2, 0) is 13.1 Å². The number of pyridine rings is 2. The number of hydrogen-bond acceptors (Lipinski definition) is 8. The third-order valence-corrected chi connectivity index (χ3v) is 5.79. The van der Waals surface area contributed by atoms with Crippen molar-refractivity contribution in [3.63, 3.8) is 0 Å². The van der Waals surface area contributed by atoms with Gasteiger partial charge in [0, 0.05) is 37.8 Å². The summed E-state index contributed by atoms with van der Waals surface area (Å²) in [6, 6.07) is 5.53. The molecule has 0 unspecified atom stereocenters. The molecule has 0 aliphatic carbocycles. The Labute approximate surface area is 190 Å². The zero-order valence-electron chi connectivity index (χ0n) is 18.4. The van der Waals surface area contributed by atoms with Gasteiger partial charge in [0.2, 0.25) is 0 Å². The molecule has 3 N–H and O–H groups in total. The van der Waals surface area contributed by atoms with Crippen LogP contribution in [0.3, 0.4) is 0 Å². The van der Waals surface area contributed by atoms with Crippen molar-refractivity contribution < 1.29 is 14.6 Å². The standard InChI is InChI=1S/C22H27N7O4/c1-33-17-10-19-18(25-13-17)2-3-21(30)29(19)9-8-28-6-4-15(5-7-28)23-11-16-12-26-20(14-24-16)27-22(31)32/h2-3,10,12-15,23H,4-9,11H2,1H3,(H,26,27)(H,31,32). The minimum atomic E-state index is -1.16. The van der Waals surface area contributed by atoms with Gasteiger partial charge in [-0.1, -0.05) is 0 Å². The lowest BCUT2D eigenvalue weighted by Crippen LogP contribution is -2.43. The number of carbonyl (C=O) groups is 1. The number of methoxy groups -OCH3 is 1. The highest BCUT2D eigenvalue weighted by atomic mass is 16.5. The Kier molecular flexibility index (Phi) is 7.10. The molecule has 11 nitrogen and oxygen atoms in total. The maximum absolute atomic E-state index is 12.5. The van der Waals surface area contributed by atoms with E-state index in [4.69, 9.17) is 9.84 Å². The predicted octanol–water partition coefficient (Wildman–Crippen LogP) is 1.54. The van der Waals surface area contributed by atoms with Gasteiger partial charge >= 0.3 is 6.09 Å². The number of hydrogen-bond donors (Lipinski definition) is 3. The summed E-state index contributed by atoms with van der Waals surface area (Å²) in [4.78, 5) is 38.1. The van der Waals surface area contributed by atoms with Gasteiger partial charge in [0.05, 0.1) is 42.4 Å². The normalized spacial score (nSPS) is 14.9. The van der Waals surface area contributed by atoms with Crippen LogP contribution in [0.15, 0.2) is 41.6 Å². The fourth-order valence-corrected chi connectivity index (χ4v) is 3.96. The fraction of sp³-hybridized carbons (Fsp3) is 0.409. The van der Waals surface area contributed by atoms with E-state index in [0.717, 1.165) is 49.2 Å². The number of aromatic nitrogens is 4. The number of likely N-dealkylation sites (tertiary alicyclic amines) is 1. The van der Waals surface area contributed by atoms with E-state index in [0.29, 0.717) is 24.9 Å². The quantitative estimate of drug-likeness (QED) is 0.464. The first-order chi connectivity index (χ1) is 16.0. The molecule has 3 aromatic rings. The fourth-order valence-electron chi connectivity index (χ4n) is 3.96. The lowest BCUT2D eigenvalue weighted by atomic mass is 10.0. The monoisotopic (exact) mass is 453 g/mol. The molecule has 0 atom stereocenters. The molecular formula is C22H27N7O4. The maximum atomic E-state index is 12.5. The van der Waals surface area contributed by atoms with Gasteiger partial charge in [-0.3, -0.25) is 20.1 Å². The average Bonchev–Trinajstić information content (AvgIpc) is 2.83. The number of carboxylic acid groups (broad SMARTS) is 1. The molecule has 4 rings (SSSR count). The van der Waals surface area contributed by atoms with Crippen LogP contribution in [0.5, 0.6) is 5.75 Å². The van der Waals surface area contributed by atoms with Crippen LogP contribution in [0.25, 0.3) is 11.0 Å². The molecule has 33 heavy (non-hydrogen) atoms. The Morgan fingerprint density at radius 3 is 2.67 bits per heavy atom. The second-order valence-corrected chi connectivity index (χ2v) is 7.92. The molecule has 0 spiro atoms. The highest BCUT2D eigenvalue weighted by molar-refractivity contribution is 5.81. The molecule has 0 radical (unpaired) electrons. The van der Waals surface area contributed by atoms with E-state index in [1.807, 2.05) is 6.07 Å². The lowest BCUT2D eigenvalue weighted by Gasteiger charge is -2.32. The smallest absolute Gasteiger partial charge is 0.410 e. The minimum absolute atomic E-state index is 0.0419. The van der Waals surface area contributed by atoms with Crippen LogP contribution < -0.4 is 20.9 Å². The average molecular weight is 454 g/mol. The Morgan fingerprint density at radius 1 is 1.15 bits per heavy atom. The van der Waals surface area contributed by atoms with Gasteiger partial charge in [0.15, 0.2) is 5.82 Å².